The lowest BCUT2D eigenvalue weighted by Crippen LogP contribution is -1.98. The van der Waals surface area contributed by atoms with Crippen LogP contribution in [0.15, 0.2) is 24.5 Å². The summed E-state index contributed by atoms with van der Waals surface area (Å²) in [4.78, 5) is 14.3. The van der Waals surface area contributed by atoms with Crippen LogP contribution in [-0.4, -0.2) is 19.7 Å². The fourth-order valence-electron chi connectivity index (χ4n) is 1.45. The normalized spacial score (nSPS) is 10.2. The second-order valence-corrected chi connectivity index (χ2v) is 3.59. The number of aryl methyl sites for hydroxylation is 2. The summed E-state index contributed by atoms with van der Waals surface area (Å²) in [7, 11) is 1.81. The first kappa shape index (κ1) is 11.1. The smallest absolute Gasteiger partial charge is 0.290 e. The van der Waals surface area contributed by atoms with Gasteiger partial charge in [0.15, 0.2) is 0 Å². The standard InChI is InChI=1S/C10H11N5O2/c1-7-9(15(16)17)3-4-10(12-7)13-8-5-11-14(2)6-8/h3-6H,1-2H3,(H,12,13). The van der Waals surface area contributed by atoms with Crippen molar-refractivity contribution in [2.24, 2.45) is 7.05 Å². The summed E-state index contributed by atoms with van der Waals surface area (Å²) < 4.78 is 1.65. The molecule has 0 radical (unpaired) electrons. The minimum absolute atomic E-state index is 0.0155. The van der Waals surface area contributed by atoms with Crippen LogP contribution in [-0.2, 0) is 7.05 Å². The fourth-order valence-corrected chi connectivity index (χ4v) is 1.45. The molecule has 0 unspecified atom stereocenters. The third kappa shape index (κ3) is 2.39. The Morgan fingerprint density at radius 3 is 2.76 bits per heavy atom. The zero-order valence-corrected chi connectivity index (χ0v) is 9.41. The number of nitro groups is 1. The summed E-state index contributed by atoms with van der Waals surface area (Å²) in [5.74, 6) is 0.557. The molecule has 0 aliphatic rings. The third-order valence-electron chi connectivity index (χ3n) is 2.23. The number of hydrogen-bond acceptors (Lipinski definition) is 5. The Morgan fingerprint density at radius 2 is 2.24 bits per heavy atom. The van der Waals surface area contributed by atoms with Gasteiger partial charge in [0.1, 0.15) is 11.5 Å². The number of anilines is 2. The summed E-state index contributed by atoms with van der Waals surface area (Å²) in [6, 6.07) is 3.00. The van der Waals surface area contributed by atoms with Gasteiger partial charge in [-0.15, -0.1) is 0 Å². The number of hydrogen-bond donors (Lipinski definition) is 1. The highest BCUT2D eigenvalue weighted by molar-refractivity contribution is 5.56. The predicted molar refractivity (Wildman–Crippen MR) is 62.1 cm³/mol. The Bertz CT molecular complexity index is 564. The SMILES string of the molecule is Cc1nc(Nc2cnn(C)c2)ccc1[N+](=O)[O-]. The van der Waals surface area contributed by atoms with Gasteiger partial charge in [-0.05, 0) is 13.0 Å². The molecule has 0 spiro atoms. The van der Waals surface area contributed by atoms with Crippen molar-refractivity contribution in [2.45, 2.75) is 6.92 Å². The molecule has 2 aromatic rings. The molecule has 1 N–H and O–H groups in total. The average molecular weight is 233 g/mol. The summed E-state index contributed by atoms with van der Waals surface area (Å²) in [5.41, 5.74) is 1.18. The number of nitrogens with zero attached hydrogens (tertiary/aromatic N) is 4. The van der Waals surface area contributed by atoms with E-state index < -0.39 is 4.92 Å². The first-order valence-electron chi connectivity index (χ1n) is 4.94. The second kappa shape index (κ2) is 4.20. The van der Waals surface area contributed by atoms with E-state index in [1.165, 1.54) is 6.07 Å². The van der Waals surface area contributed by atoms with Gasteiger partial charge in [-0.25, -0.2) is 4.98 Å². The van der Waals surface area contributed by atoms with Gasteiger partial charge in [0, 0.05) is 19.3 Å². The highest BCUT2D eigenvalue weighted by atomic mass is 16.6. The van der Waals surface area contributed by atoms with Crippen molar-refractivity contribution >= 4 is 17.2 Å². The van der Waals surface area contributed by atoms with Crippen molar-refractivity contribution in [3.63, 3.8) is 0 Å². The van der Waals surface area contributed by atoms with E-state index in [2.05, 4.69) is 15.4 Å². The van der Waals surface area contributed by atoms with E-state index in [1.54, 1.807) is 37.1 Å². The van der Waals surface area contributed by atoms with Gasteiger partial charge in [0.05, 0.1) is 16.8 Å². The maximum Gasteiger partial charge on any atom is 0.290 e. The highest BCUT2D eigenvalue weighted by Crippen LogP contribution is 2.20. The zero-order valence-electron chi connectivity index (χ0n) is 9.41. The van der Waals surface area contributed by atoms with Gasteiger partial charge in [0.2, 0.25) is 0 Å². The van der Waals surface area contributed by atoms with Gasteiger partial charge in [-0.2, -0.15) is 5.10 Å². The molecule has 7 nitrogen and oxygen atoms in total. The molecule has 0 atom stereocenters. The van der Waals surface area contributed by atoms with E-state index in [1.807, 2.05) is 0 Å². The Labute approximate surface area is 97.2 Å². The van der Waals surface area contributed by atoms with E-state index in [0.717, 1.165) is 5.69 Å². The van der Waals surface area contributed by atoms with Gasteiger partial charge >= 0.3 is 0 Å². The third-order valence-corrected chi connectivity index (χ3v) is 2.23. The number of rotatable bonds is 3. The highest BCUT2D eigenvalue weighted by Gasteiger charge is 2.11. The topological polar surface area (TPSA) is 85.9 Å². The van der Waals surface area contributed by atoms with Crippen LogP contribution in [0.2, 0.25) is 0 Å². The van der Waals surface area contributed by atoms with Crippen LogP contribution >= 0.6 is 0 Å². The van der Waals surface area contributed by atoms with Crippen LogP contribution < -0.4 is 5.32 Å². The molecule has 0 aromatic carbocycles. The Kier molecular flexibility index (Phi) is 2.73. The van der Waals surface area contributed by atoms with Crippen molar-refractivity contribution in [3.05, 3.63) is 40.3 Å². The number of aromatic nitrogens is 3. The molecular weight excluding hydrogens is 222 g/mol. The molecule has 0 bridgehead atoms. The van der Waals surface area contributed by atoms with E-state index >= 15 is 0 Å². The van der Waals surface area contributed by atoms with E-state index in [9.17, 15) is 10.1 Å². The van der Waals surface area contributed by atoms with Crippen molar-refractivity contribution in [1.82, 2.24) is 14.8 Å². The molecule has 0 amide bonds. The van der Waals surface area contributed by atoms with Gasteiger partial charge in [-0.3, -0.25) is 14.8 Å². The maximum absolute atomic E-state index is 10.6. The van der Waals surface area contributed by atoms with Crippen LogP contribution in [0.4, 0.5) is 17.2 Å². The van der Waals surface area contributed by atoms with Crippen molar-refractivity contribution < 1.29 is 4.92 Å². The first-order chi connectivity index (χ1) is 8.06. The molecule has 0 fully saturated rings. The molecule has 0 saturated carbocycles. The van der Waals surface area contributed by atoms with Gasteiger partial charge in [-0.1, -0.05) is 0 Å². The fraction of sp³-hybridized carbons (Fsp3) is 0.200. The molecule has 2 aromatic heterocycles. The molecule has 2 rings (SSSR count). The average Bonchev–Trinajstić information content (AvgIpc) is 2.63. The minimum Gasteiger partial charge on any atom is -0.338 e. The summed E-state index contributed by atoms with van der Waals surface area (Å²) in [6.45, 7) is 1.60. The Balaban J connectivity index is 2.23. The lowest BCUT2D eigenvalue weighted by atomic mass is 10.3. The van der Waals surface area contributed by atoms with E-state index in [-0.39, 0.29) is 5.69 Å². The van der Waals surface area contributed by atoms with Crippen LogP contribution in [0.25, 0.3) is 0 Å². The molecule has 2 heterocycles. The predicted octanol–water partition coefficient (Wildman–Crippen LogP) is 1.78. The monoisotopic (exact) mass is 233 g/mol. The number of pyridine rings is 1. The molecule has 7 heteroatoms. The van der Waals surface area contributed by atoms with Crippen LogP contribution in [0, 0.1) is 17.0 Å². The molecular formula is C10H11N5O2. The van der Waals surface area contributed by atoms with Crippen LogP contribution in [0.5, 0.6) is 0 Å². The van der Waals surface area contributed by atoms with Gasteiger partial charge < -0.3 is 5.32 Å². The Hall–Kier alpha value is -2.44. The lowest BCUT2D eigenvalue weighted by molar-refractivity contribution is -0.385. The summed E-state index contributed by atoms with van der Waals surface area (Å²) >= 11 is 0. The lowest BCUT2D eigenvalue weighted by Gasteiger charge is -2.03. The van der Waals surface area contributed by atoms with E-state index in [4.69, 9.17) is 0 Å². The minimum atomic E-state index is -0.448. The second-order valence-electron chi connectivity index (χ2n) is 3.59. The summed E-state index contributed by atoms with van der Waals surface area (Å²) in [6.07, 6.45) is 3.44. The quantitative estimate of drug-likeness (QED) is 0.645. The number of nitrogens with one attached hydrogen (secondary N) is 1. The summed E-state index contributed by atoms with van der Waals surface area (Å²) in [5, 5.41) is 17.6. The maximum atomic E-state index is 10.6. The molecule has 0 aliphatic carbocycles. The molecule has 17 heavy (non-hydrogen) atoms. The van der Waals surface area contributed by atoms with Crippen molar-refractivity contribution in [2.75, 3.05) is 5.32 Å². The van der Waals surface area contributed by atoms with Crippen LogP contribution in [0.1, 0.15) is 5.69 Å². The molecule has 88 valence electrons. The van der Waals surface area contributed by atoms with Crippen LogP contribution in [0.3, 0.4) is 0 Å². The Morgan fingerprint density at radius 1 is 1.47 bits per heavy atom. The molecule has 0 aliphatic heterocycles. The zero-order chi connectivity index (χ0) is 12.4. The molecule has 0 saturated heterocycles. The largest absolute Gasteiger partial charge is 0.338 e. The van der Waals surface area contributed by atoms with Crippen molar-refractivity contribution in [3.8, 4) is 0 Å². The van der Waals surface area contributed by atoms with E-state index in [0.29, 0.717) is 11.5 Å². The first-order valence-corrected chi connectivity index (χ1v) is 4.94. The van der Waals surface area contributed by atoms with Gasteiger partial charge in [0.25, 0.3) is 5.69 Å². The van der Waals surface area contributed by atoms with Crippen molar-refractivity contribution in [1.29, 1.82) is 0 Å².